The molecular weight excluding hydrogens is 392 g/mol. The molecule has 0 spiro atoms. The molecule has 1 saturated heterocycles. The normalized spacial score (nSPS) is 15.0. The van der Waals surface area contributed by atoms with E-state index in [1.807, 2.05) is 0 Å². The van der Waals surface area contributed by atoms with Crippen LogP contribution in [-0.4, -0.2) is 53.8 Å². The number of thiazole rings is 1. The third-order valence-corrected chi connectivity index (χ3v) is 6.75. The van der Waals surface area contributed by atoms with E-state index in [0.29, 0.717) is 13.1 Å². The van der Waals surface area contributed by atoms with Crippen molar-refractivity contribution in [3.05, 3.63) is 29.0 Å². The second-order valence-electron chi connectivity index (χ2n) is 6.00. The highest BCUT2D eigenvalue weighted by atomic mass is 32.2. The van der Waals surface area contributed by atoms with E-state index in [2.05, 4.69) is 10.3 Å². The molecule has 11 heteroatoms. The molecule has 146 valence electrons. The Labute approximate surface area is 161 Å². The first kappa shape index (κ1) is 19.5. The molecule has 1 aliphatic heterocycles. The summed E-state index contributed by atoms with van der Waals surface area (Å²) in [4.78, 5) is 28.3. The number of nitrogens with one attached hydrogen (secondary N) is 1. The lowest BCUT2D eigenvalue weighted by Crippen LogP contribution is -2.27. The van der Waals surface area contributed by atoms with Crippen LogP contribution in [0.5, 0.6) is 0 Å². The van der Waals surface area contributed by atoms with Gasteiger partial charge in [0.1, 0.15) is 10.6 Å². The predicted octanol–water partition coefficient (Wildman–Crippen LogP) is 1.70. The number of aromatic nitrogens is 2. The molecule has 0 aromatic carbocycles. The fourth-order valence-corrected chi connectivity index (χ4v) is 5.03. The van der Waals surface area contributed by atoms with E-state index in [1.54, 1.807) is 14.0 Å². The third-order valence-electron chi connectivity index (χ3n) is 4.12. The zero-order valence-corrected chi connectivity index (χ0v) is 16.6. The lowest BCUT2D eigenvalue weighted by Gasteiger charge is -2.13. The minimum Gasteiger partial charge on any atom is -0.461 e. The maximum atomic E-state index is 12.6. The molecule has 1 fully saturated rings. The predicted molar refractivity (Wildman–Crippen MR) is 99.4 cm³/mol. The van der Waals surface area contributed by atoms with Crippen molar-refractivity contribution in [2.45, 2.75) is 24.7 Å². The van der Waals surface area contributed by atoms with Gasteiger partial charge in [-0.1, -0.05) is 0 Å². The number of esters is 1. The standard InChI is InChI=1S/C16H20N4O5S2/c1-3-25-15(22)12-10-26-16(17-12)18-14(21)13-8-11(9-19(13)2)27(23,24)20-6-4-5-7-20/h8-10H,3-7H2,1-2H3,(H,17,18,21). The van der Waals surface area contributed by atoms with E-state index in [4.69, 9.17) is 4.74 Å². The van der Waals surface area contributed by atoms with Crippen molar-refractivity contribution >= 4 is 38.4 Å². The highest BCUT2D eigenvalue weighted by Crippen LogP contribution is 2.23. The van der Waals surface area contributed by atoms with Crippen LogP contribution < -0.4 is 5.32 Å². The summed E-state index contributed by atoms with van der Waals surface area (Å²) in [5, 5.41) is 4.30. The molecule has 9 nitrogen and oxygen atoms in total. The topological polar surface area (TPSA) is 111 Å². The van der Waals surface area contributed by atoms with Gasteiger partial charge in [0.2, 0.25) is 10.0 Å². The molecule has 0 aliphatic carbocycles. The minimum absolute atomic E-state index is 0.0865. The second kappa shape index (κ2) is 7.79. The minimum atomic E-state index is -3.60. The molecule has 1 aliphatic rings. The molecule has 0 unspecified atom stereocenters. The van der Waals surface area contributed by atoms with Crippen LogP contribution in [0.15, 0.2) is 22.5 Å². The van der Waals surface area contributed by atoms with Gasteiger partial charge in [0, 0.05) is 31.7 Å². The van der Waals surface area contributed by atoms with Gasteiger partial charge < -0.3 is 9.30 Å². The molecule has 0 atom stereocenters. The van der Waals surface area contributed by atoms with Crippen LogP contribution in [0.4, 0.5) is 5.13 Å². The van der Waals surface area contributed by atoms with Crippen molar-refractivity contribution in [3.8, 4) is 0 Å². The number of ether oxygens (including phenoxy) is 1. The zero-order chi connectivity index (χ0) is 19.6. The van der Waals surface area contributed by atoms with Crippen LogP contribution in [0.3, 0.4) is 0 Å². The smallest absolute Gasteiger partial charge is 0.357 e. The quantitative estimate of drug-likeness (QED) is 0.723. The number of carbonyl (C=O) groups is 2. The van der Waals surface area contributed by atoms with E-state index < -0.39 is 21.9 Å². The first-order valence-corrected chi connectivity index (χ1v) is 10.8. The van der Waals surface area contributed by atoms with Crippen molar-refractivity contribution in [3.63, 3.8) is 0 Å². The van der Waals surface area contributed by atoms with Gasteiger partial charge in [-0.05, 0) is 25.8 Å². The summed E-state index contributed by atoms with van der Waals surface area (Å²) in [5.74, 6) is -1.07. The van der Waals surface area contributed by atoms with Crippen molar-refractivity contribution in [2.75, 3.05) is 25.0 Å². The van der Waals surface area contributed by atoms with E-state index in [1.165, 1.54) is 26.5 Å². The van der Waals surface area contributed by atoms with Crippen molar-refractivity contribution in [1.29, 1.82) is 0 Å². The number of aryl methyl sites for hydroxylation is 1. The van der Waals surface area contributed by atoms with Crippen molar-refractivity contribution in [2.24, 2.45) is 7.05 Å². The summed E-state index contributed by atoms with van der Waals surface area (Å²) in [6.07, 6.45) is 3.10. The number of nitrogens with zero attached hydrogens (tertiary/aromatic N) is 3. The van der Waals surface area contributed by atoms with Crippen molar-refractivity contribution in [1.82, 2.24) is 13.9 Å². The van der Waals surface area contributed by atoms with Gasteiger partial charge in [-0.3, -0.25) is 10.1 Å². The SMILES string of the molecule is CCOC(=O)c1csc(NC(=O)c2cc(S(=O)(=O)N3CCCC3)cn2C)n1. The summed E-state index contributed by atoms with van der Waals surface area (Å²) in [6.45, 7) is 2.91. The summed E-state index contributed by atoms with van der Waals surface area (Å²) >= 11 is 1.09. The van der Waals surface area contributed by atoms with Gasteiger partial charge in [0.15, 0.2) is 10.8 Å². The summed E-state index contributed by atoms with van der Waals surface area (Å²) < 4.78 is 33.0. The Hall–Kier alpha value is -2.24. The fourth-order valence-electron chi connectivity index (χ4n) is 2.77. The van der Waals surface area contributed by atoms with Gasteiger partial charge in [0.25, 0.3) is 5.91 Å². The first-order chi connectivity index (χ1) is 12.8. The Morgan fingerprint density at radius 1 is 1.33 bits per heavy atom. The molecule has 0 radical (unpaired) electrons. The third kappa shape index (κ3) is 4.04. The van der Waals surface area contributed by atoms with Gasteiger partial charge >= 0.3 is 5.97 Å². The highest BCUT2D eigenvalue weighted by molar-refractivity contribution is 7.89. The van der Waals surface area contributed by atoms with Gasteiger partial charge in [-0.25, -0.2) is 18.2 Å². The lowest BCUT2D eigenvalue weighted by molar-refractivity contribution is 0.0520. The number of hydrogen-bond acceptors (Lipinski definition) is 7. The molecule has 3 rings (SSSR count). The number of carbonyl (C=O) groups excluding carboxylic acids is 2. The first-order valence-electron chi connectivity index (χ1n) is 8.43. The fraction of sp³-hybridized carbons (Fsp3) is 0.438. The maximum Gasteiger partial charge on any atom is 0.357 e. The molecule has 0 bridgehead atoms. The van der Waals surface area contributed by atoms with E-state index >= 15 is 0 Å². The average Bonchev–Trinajstić information content (AvgIpc) is 3.35. The van der Waals surface area contributed by atoms with E-state index in [9.17, 15) is 18.0 Å². The highest BCUT2D eigenvalue weighted by Gasteiger charge is 2.29. The van der Waals surface area contributed by atoms with Gasteiger partial charge in [-0.15, -0.1) is 11.3 Å². The Morgan fingerprint density at radius 2 is 2.04 bits per heavy atom. The molecular formula is C16H20N4O5S2. The van der Waals surface area contributed by atoms with Gasteiger partial charge in [-0.2, -0.15) is 4.31 Å². The van der Waals surface area contributed by atoms with Crippen LogP contribution in [0.2, 0.25) is 0 Å². The Balaban J connectivity index is 1.76. The van der Waals surface area contributed by atoms with Gasteiger partial charge in [0.05, 0.1) is 6.61 Å². The second-order valence-corrected chi connectivity index (χ2v) is 8.79. The van der Waals surface area contributed by atoms with E-state index in [-0.39, 0.29) is 28.0 Å². The monoisotopic (exact) mass is 412 g/mol. The molecule has 0 saturated carbocycles. The molecule has 27 heavy (non-hydrogen) atoms. The van der Waals surface area contributed by atoms with E-state index in [0.717, 1.165) is 24.2 Å². The average molecular weight is 412 g/mol. The number of sulfonamides is 1. The lowest BCUT2D eigenvalue weighted by atomic mass is 10.4. The van der Waals surface area contributed by atoms with Crippen LogP contribution in [-0.2, 0) is 21.8 Å². The molecule has 3 heterocycles. The van der Waals surface area contributed by atoms with Crippen LogP contribution in [0.1, 0.15) is 40.7 Å². The number of hydrogen-bond donors (Lipinski definition) is 1. The number of amides is 1. The number of anilines is 1. The summed E-state index contributed by atoms with van der Waals surface area (Å²) in [7, 11) is -2.00. The molecule has 2 aromatic rings. The molecule has 1 amide bonds. The largest absolute Gasteiger partial charge is 0.461 e. The van der Waals surface area contributed by atoms with Crippen LogP contribution in [0, 0.1) is 0 Å². The van der Waals surface area contributed by atoms with Crippen LogP contribution >= 0.6 is 11.3 Å². The Bertz CT molecular complexity index is 957. The number of rotatable bonds is 6. The Morgan fingerprint density at radius 3 is 2.70 bits per heavy atom. The van der Waals surface area contributed by atoms with Crippen molar-refractivity contribution < 1.29 is 22.7 Å². The maximum absolute atomic E-state index is 12.6. The molecule has 1 N–H and O–H groups in total. The summed E-state index contributed by atoms with van der Waals surface area (Å²) in [6, 6.07) is 1.35. The van der Waals surface area contributed by atoms with Crippen LogP contribution in [0.25, 0.3) is 0 Å². The molecule has 2 aromatic heterocycles. The summed E-state index contributed by atoms with van der Waals surface area (Å²) in [5.41, 5.74) is 0.294. The zero-order valence-electron chi connectivity index (χ0n) is 15.0. The Kier molecular flexibility index (Phi) is 5.63.